The molecule has 2 amide bonds. The van der Waals surface area contributed by atoms with E-state index in [1.807, 2.05) is 42.8 Å². The van der Waals surface area contributed by atoms with Crippen LogP contribution >= 0.6 is 23.8 Å². The van der Waals surface area contributed by atoms with Gasteiger partial charge in [-0.05, 0) is 55.5 Å². The molecule has 1 N–H and O–H groups in total. The number of nitrogens with zero attached hydrogens (tertiary/aromatic N) is 2. The molecule has 1 aromatic heterocycles. The van der Waals surface area contributed by atoms with Crippen molar-refractivity contribution < 1.29 is 9.59 Å². The molecule has 1 aliphatic rings. The number of anilines is 1. The van der Waals surface area contributed by atoms with Crippen molar-refractivity contribution in [2.75, 3.05) is 4.90 Å². The number of rotatable bonds is 2. The van der Waals surface area contributed by atoms with Gasteiger partial charge in [0.15, 0.2) is 5.11 Å². The first-order chi connectivity index (χ1) is 13.4. The fourth-order valence-electron chi connectivity index (χ4n) is 3.36. The van der Waals surface area contributed by atoms with Crippen LogP contribution in [0.1, 0.15) is 11.3 Å². The highest BCUT2D eigenvalue weighted by Crippen LogP contribution is 2.29. The van der Waals surface area contributed by atoms with Crippen LogP contribution in [0.15, 0.2) is 54.1 Å². The van der Waals surface area contributed by atoms with Crippen molar-refractivity contribution in [1.82, 2.24) is 9.88 Å². The van der Waals surface area contributed by atoms with Crippen LogP contribution in [0, 0.1) is 6.92 Å². The van der Waals surface area contributed by atoms with E-state index >= 15 is 0 Å². The SMILES string of the molecule is Cc1c(/C=C2\C(=O)NC(=S)N(c3ccc(Cl)cc3)C2=O)c2ccccc2n1C. The molecule has 0 saturated carbocycles. The highest BCUT2D eigenvalue weighted by molar-refractivity contribution is 7.80. The largest absolute Gasteiger partial charge is 0.347 e. The summed E-state index contributed by atoms with van der Waals surface area (Å²) in [7, 11) is 1.96. The van der Waals surface area contributed by atoms with Gasteiger partial charge in [-0.15, -0.1) is 0 Å². The molecule has 0 unspecified atom stereocenters. The second-order valence-corrected chi connectivity index (χ2v) is 7.33. The molecular weight excluding hydrogens is 394 g/mol. The maximum atomic E-state index is 13.2. The summed E-state index contributed by atoms with van der Waals surface area (Å²) in [6, 6.07) is 14.6. The molecule has 0 radical (unpaired) electrons. The van der Waals surface area contributed by atoms with E-state index in [-0.39, 0.29) is 10.7 Å². The molecule has 1 saturated heterocycles. The third-order valence-corrected chi connectivity index (χ3v) is 5.46. The van der Waals surface area contributed by atoms with Crippen molar-refractivity contribution in [3.05, 3.63) is 70.4 Å². The highest BCUT2D eigenvalue weighted by atomic mass is 35.5. The molecule has 2 heterocycles. The van der Waals surface area contributed by atoms with Crippen LogP contribution in [0.25, 0.3) is 17.0 Å². The van der Waals surface area contributed by atoms with Crippen LogP contribution in [0.5, 0.6) is 0 Å². The first-order valence-electron chi connectivity index (χ1n) is 8.59. The van der Waals surface area contributed by atoms with E-state index in [0.717, 1.165) is 22.2 Å². The van der Waals surface area contributed by atoms with E-state index in [4.69, 9.17) is 23.8 Å². The lowest BCUT2D eigenvalue weighted by Gasteiger charge is -2.29. The molecule has 0 spiro atoms. The first-order valence-corrected chi connectivity index (χ1v) is 9.38. The summed E-state index contributed by atoms with van der Waals surface area (Å²) in [5.74, 6) is -0.976. The predicted octanol–water partition coefficient (Wildman–Crippen LogP) is 3.97. The minimum atomic E-state index is -0.507. The van der Waals surface area contributed by atoms with Crippen LogP contribution in [0.3, 0.4) is 0 Å². The number of benzene rings is 2. The smallest absolute Gasteiger partial charge is 0.270 e. The van der Waals surface area contributed by atoms with Gasteiger partial charge in [0.2, 0.25) is 0 Å². The van der Waals surface area contributed by atoms with Gasteiger partial charge >= 0.3 is 0 Å². The Kier molecular flexibility index (Phi) is 4.53. The van der Waals surface area contributed by atoms with Gasteiger partial charge in [-0.25, -0.2) is 0 Å². The average molecular weight is 410 g/mol. The summed E-state index contributed by atoms with van der Waals surface area (Å²) in [5, 5.41) is 4.17. The van der Waals surface area contributed by atoms with Gasteiger partial charge < -0.3 is 4.57 Å². The minimum Gasteiger partial charge on any atom is -0.347 e. The van der Waals surface area contributed by atoms with Gasteiger partial charge in [0.25, 0.3) is 11.8 Å². The Hall–Kier alpha value is -2.96. The number of carbonyl (C=O) groups is 2. The number of thiocarbonyl (C=S) groups is 1. The highest BCUT2D eigenvalue weighted by Gasteiger charge is 2.34. The Morgan fingerprint density at radius 1 is 1.07 bits per heavy atom. The molecule has 2 aromatic carbocycles. The monoisotopic (exact) mass is 409 g/mol. The number of fused-ring (bicyclic) bond motifs is 1. The minimum absolute atomic E-state index is 0.0306. The Labute approximate surface area is 172 Å². The number of para-hydroxylation sites is 1. The number of aryl methyl sites for hydroxylation is 1. The molecule has 3 aromatic rings. The van der Waals surface area contributed by atoms with Gasteiger partial charge in [0.05, 0.1) is 5.69 Å². The van der Waals surface area contributed by atoms with Gasteiger partial charge in [0, 0.05) is 34.2 Å². The number of amides is 2. The lowest BCUT2D eigenvalue weighted by molar-refractivity contribution is -0.122. The van der Waals surface area contributed by atoms with Crippen LogP contribution in [-0.4, -0.2) is 21.5 Å². The first kappa shape index (κ1) is 18.4. The second-order valence-electron chi connectivity index (χ2n) is 6.51. The number of aromatic nitrogens is 1. The van der Waals surface area contributed by atoms with E-state index in [1.54, 1.807) is 30.3 Å². The van der Waals surface area contributed by atoms with Gasteiger partial charge in [-0.1, -0.05) is 29.8 Å². The zero-order valence-corrected chi connectivity index (χ0v) is 16.8. The third kappa shape index (κ3) is 2.91. The Bertz CT molecular complexity index is 1180. The molecule has 1 fully saturated rings. The molecule has 5 nitrogen and oxygen atoms in total. The number of halogens is 1. The molecule has 0 aliphatic carbocycles. The van der Waals surface area contributed by atoms with E-state index < -0.39 is 11.8 Å². The Morgan fingerprint density at radius 2 is 1.75 bits per heavy atom. The zero-order valence-electron chi connectivity index (χ0n) is 15.2. The normalized spacial score (nSPS) is 16.2. The maximum Gasteiger partial charge on any atom is 0.270 e. The summed E-state index contributed by atoms with van der Waals surface area (Å²) in [5.41, 5.74) is 3.39. The lowest BCUT2D eigenvalue weighted by atomic mass is 10.0. The van der Waals surface area contributed by atoms with Crippen molar-refractivity contribution in [3.63, 3.8) is 0 Å². The second kappa shape index (κ2) is 6.89. The number of hydrogen-bond donors (Lipinski definition) is 1. The average Bonchev–Trinajstić information content (AvgIpc) is 2.91. The Balaban J connectivity index is 1.84. The van der Waals surface area contributed by atoms with Gasteiger partial charge in [-0.2, -0.15) is 0 Å². The number of hydrogen-bond acceptors (Lipinski definition) is 3. The van der Waals surface area contributed by atoms with Crippen molar-refractivity contribution in [2.24, 2.45) is 7.05 Å². The molecule has 0 bridgehead atoms. The van der Waals surface area contributed by atoms with Crippen LogP contribution in [0.4, 0.5) is 5.69 Å². The van der Waals surface area contributed by atoms with Crippen LogP contribution in [0.2, 0.25) is 5.02 Å². The summed E-state index contributed by atoms with van der Waals surface area (Å²) < 4.78 is 2.04. The van der Waals surface area contributed by atoms with Crippen molar-refractivity contribution in [1.29, 1.82) is 0 Å². The summed E-state index contributed by atoms with van der Waals surface area (Å²) >= 11 is 11.2. The summed E-state index contributed by atoms with van der Waals surface area (Å²) in [6.45, 7) is 1.96. The Morgan fingerprint density at radius 3 is 2.46 bits per heavy atom. The van der Waals surface area contributed by atoms with Gasteiger partial charge in [-0.3, -0.25) is 19.8 Å². The maximum absolute atomic E-state index is 13.2. The number of nitrogens with one attached hydrogen (secondary N) is 1. The standard InChI is InChI=1S/C21H16ClN3O2S/c1-12-16(15-5-3-4-6-18(15)24(12)2)11-17-19(26)23-21(28)25(20(17)27)14-9-7-13(22)8-10-14/h3-11H,1-2H3,(H,23,26,28)/b17-11+. The number of carbonyl (C=O) groups excluding carboxylic acids is 2. The lowest BCUT2D eigenvalue weighted by Crippen LogP contribution is -2.54. The van der Waals surface area contributed by atoms with E-state index in [2.05, 4.69) is 5.32 Å². The van der Waals surface area contributed by atoms with E-state index in [9.17, 15) is 9.59 Å². The molecular formula is C21H16ClN3O2S. The fraction of sp³-hybridized carbons (Fsp3) is 0.0952. The fourth-order valence-corrected chi connectivity index (χ4v) is 3.77. The zero-order chi connectivity index (χ0) is 20.0. The molecule has 0 atom stereocenters. The van der Waals surface area contributed by atoms with Crippen molar-refractivity contribution >= 4 is 63.4 Å². The van der Waals surface area contributed by atoms with Crippen molar-refractivity contribution in [2.45, 2.75) is 6.92 Å². The molecule has 4 rings (SSSR count). The topological polar surface area (TPSA) is 54.3 Å². The van der Waals surface area contributed by atoms with Crippen molar-refractivity contribution in [3.8, 4) is 0 Å². The molecule has 7 heteroatoms. The predicted molar refractivity (Wildman–Crippen MR) is 115 cm³/mol. The molecule has 28 heavy (non-hydrogen) atoms. The van der Waals surface area contributed by atoms with Gasteiger partial charge in [0.1, 0.15) is 5.57 Å². The van der Waals surface area contributed by atoms with Crippen LogP contribution in [-0.2, 0) is 16.6 Å². The molecule has 140 valence electrons. The molecule has 1 aliphatic heterocycles. The summed E-state index contributed by atoms with van der Waals surface area (Å²) in [4.78, 5) is 27.0. The third-order valence-electron chi connectivity index (χ3n) is 4.92. The van der Waals surface area contributed by atoms with Crippen LogP contribution < -0.4 is 10.2 Å². The summed E-state index contributed by atoms with van der Waals surface area (Å²) in [6.07, 6.45) is 1.64. The van der Waals surface area contributed by atoms with E-state index in [0.29, 0.717) is 10.7 Å². The van der Waals surface area contributed by atoms with E-state index in [1.165, 1.54) is 4.90 Å². The quantitative estimate of drug-likeness (QED) is 0.396.